The zero-order valence-electron chi connectivity index (χ0n) is 40.7. The molecule has 0 fully saturated rings. The molecule has 60 heavy (non-hydrogen) atoms. The van der Waals surface area contributed by atoms with Gasteiger partial charge in [0.1, 0.15) is 19.3 Å². The molecule has 0 heterocycles. The molecule has 2 atom stereocenters. The van der Waals surface area contributed by atoms with Crippen LogP contribution in [0.3, 0.4) is 0 Å². The van der Waals surface area contributed by atoms with Crippen LogP contribution < -0.4 is 4.89 Å². The number of phosphoric acid groups is 1. The number of carbonyl (C=O) groups is 1. The summed E-state index contributed by atoms with van der Waals surface area (Å²) in [4.78, 5) is 25.2. The molecule has 9 heteroatoms. The van der Waals surface area contributed by atoms with Gasteiger partial charge >= 0.3 is 5.97 Å². The largest absolute Gasteiger partial charge is 0.756 e. The Bertz CT molecular complexity index is 972. The highest BCUT2D eigenvalue weighted by atomic mass is 31.2. The van der Waals surface area contributed by atoms with E-state index in [-0.39, 0.29) is 25.8 Å². The topological polar surface area (TPSA) is 94.1 Å². The third-order valence-electron chi connectivity index (χ3n) is 11.6. The fourth-order valence-corrected chi connectivity index (χ4v) is 8.27. The van der Waals surface area contributed by atoms with E-state index in [1.54, 1.807) is 0 Å². The first-order valence-corrected chi connectivity index (χ1v) is 27.4. The van der Waals surface area contributed by atoms with Crippen LogP contribution in [-0.2, 0) is 27.9 Å². The monoisotopic (exact) mass is 872 g/mol. The van der Waals surface area contributed by atoms with E-state index in [4.69, 9.17) is 18.5 Å². The number of esters is 1. The van der Waals surface area contributed by atoms with E-state index in [1.807, 2.05) is 21.1 Å². The van der Waals surface area contributed by atoms with E-state index in [9.17, 15) is 14.3 Å². The normalized spacial score (nSPS) is 13.6. The number of unbranched alkanes of at least 4 members (excludes halogenated alkanes) is 33. The summed E-state index contributed by atoms with van der Waals surface area (Å²) in [6, 6.07) is 0. The van der Waals surface area contributed by atoms with Gasteiger partial charge in [-0.25, -0.2) is 0 Å². The van der Waals surface area contributed by atoms with Gasteiger partial charge in [-0.3, -0.25) is 9.36 Å². The minimum absolute atomic E-state index is 0.0291. The van der Waals surface area contributed by atoms with Gasteiger partial charge < -0.3 is 27.9 Å². The van der Waals surface area contributed by atoms with Crippen molar-refractivity contribution >= 4 is 13.8 Å². The molecule has 0 N–H and O–H groups in total. The standard InChI is InChI=1S/C51H102NO7P/c1-6-8-10-12-14-16-18-20-22-24-26-27-28-30-32-34-36-38-40-42-44-51(53)59-50(49-58-60(54,55)57-47-45-52(3,4)5)48-56-46-43-41-39-37-35-33-31-29-25-23-21-19-17-15-13-11-9-7-2/h21,23,50H,6-20,22,24-49H2,1-5H3/b23-21-. The summed E-state index contributed by atoms with van der Waals surface area (Å²) in [5, 5.41) is 0. The number of rotatable bonds is 49. The predicted octanol–water partition coefficient (Wildman–Crippen LogP) is 15.2. The number of phosphoric ester groups is 1. The number of hydrogen-bond donors (Lipinski definition) is 0. The van der Waals surface area contributed by atoms with Crippen LogP contribution in [0.1, 0.15) is 251 Å². The Morgan fingerprint density at radius 2 is 0.867 bits per heavy atom. The van der Waals surface area contributed by atoms with Gasteiger partial charge in [0.05, 0.1) is 34.4 Å². The van der Waals surface area contributed by atoms with Crippen molar-refractivity contribution in [3.8, 4) is 0 Å². The second-order valence-electron chi connectivity index (χ2n) is 18.9. The van der Waals surface area contributed by atoms with Crippen LogP contribution in [0, 0.1) is 0 Å². The first-order chi connectivity index (χ1) is 29.1. The fraction of sp³-hybridized carbons (Fsp3) is 0.941. The lowest BCUT2D eigenvalue weighted by atomic mass is 10.0. The van der Waals surface area contributed by atoms with Crippen LogP contribution in [0.15, 0.2) is 12.2 Å². The van der Waals surface area contributed by atoms with Gasteiger partial charge in [-0.05, 0) is 38.5 Å². The van der Waals surface area contributed by atoms with Crippen molar-refractivity contribution in [2.45, 2.75) is 258 Å². The van der Waals surface area contributed by atoms with Gasteiger partial charge in [0, 0.05) is 13.0 Å². The Balaban J connectivity index is 4.10. The Hall–Kier alpha value is -0.760. The molecule has 0 aliphatic carbocycles. The molecule has 0 spiro atoms. The zero-order valence-corrected chi connectivity index (χ0v) is 41.6. The Morgan fingerprint density at radius 1 is 0.500 bits per heavy atom. The quantitative estimate of drug-likeness (QED) is 0.0198. The molecular weight excluding hydrogens is 770 g/mol. The van der Waals surface area contributed by atoms with Gasteiger partial charge in [0.2, 0.25) is 0 Å². The van der Waals surface area contributed by atoms with Gasteiger partial charge in [-0.2, -0.15) is 0 Å². The molecular formula is C51H102NO7P. The second-order valence-corrected chi connectivity index (χ2v) is 20.3. The van der Waals surface area contributed by atoms with Crippen LogP contribution in [0.25, 0.3) is 0 Å². The Labute approximate surface area is 373 Å². The molecule has 358 valence electrons. The number of carbonyl (C=O) groups excluding carboxylic acids is 1. The third-order valence-corrected chi connectivity index (χ3v) is 12.5. The van der Waals surface area contributed by atoms with E-state index in [0.29, 0.717) is 24.1 Å². The van der Waals surface area contributed by atoms with Crippen molar-refractivity contribution in [2.24, 2.45) is 0 Å². The summed E-state index contributed by atoms with van der Waals surface area (Å²) in [5.74, 6) is -0.328. The van der Waals surface area contributed by atoms with Crippen molar-refractivity contribution < 1.29 is 37.3 Å². The van der Waals surface area contributed by atoms with Crippen LogP contribution >= 0.6 is 7.82 Å². The molecule has 0 aromatic carbocycles. The number of hydrogen-bond acceptors (Lipinski definition) is 7. The van der Waals surface area contributed by atoms with Crippen molar-refractivity contribution in [2.75, 3.05) is 54.1 Å². The molecule has 8 nitrogen and oxygen atoms in total. The van der Waals surface area contributed by atoms with Crippen LogP contribution in [-0.4, -0.2) is 70.7 Å². The minimum Gasteiger partial charge on any atom is -0.756 e. The first kappa shape index (κ1) is 59.2. The number of likely N-dealkylation sites (N-methyl/N-ethyl adjacent to an activating group) is 1. The zero-order chi connectivity index (χ0) is 44.1. The number of nitrogens with zero attached hydrogens (tertiary/aromatic N) is 1. The summed E-state index contributed by atoms with van der Waals surface area (Å²) >= 11 is 0. The van der Waals surface area contributed by atoms with Gasteiger partial charge in [-0.1, -0.05) is 219 Å². The lowest BCUT2D eigenvalue weighted by Crippen LogP contribution is -2.37. The molecule has 0 aromatic rings. The Kier molecular flexibility index (Phi) is 44.3. The fourth-order valence-electron chi connectivity index (χ4n) is 7.54. The highest BCUT2D eigenvalue weighted by Crippen LogP contribution is 2.38. The van der Waals surface area contributed by atoms with E-state index in [0.717, 1.165) is 32.1 Å². The smallest absolute Gasteiger partial charge is 0.306 e. The van der Waals surface area contributed by atoms with Gasteiger partial charge in [-0.15, -0.1) is 0 Å². The maximum atomic E-state index is 12.7. The van der Waals surface area contributed by atoms with E-state index < -0.39 is 13.9 Å². The molecule has 0 radical (unpaired) electrons. The van der Waals surface area contributed by atoms with Crippen LogP contribution in [0.5, 0.6) is 0 Å². The molecule has 0 bridgehead atoms. The maximum Gasteiger partial charge on any atom is 0.306 e. The molecule has 0 amide bonds. The molecule has 0 aliphatic heterocycles. The Morgan fingerprint density at radius 3 is 1.27 bits per heavy atom. The van der Waals surface area contributed by atoms with Gasteiger partial charge in [0.15, 0.2) is 0 Å². The summed E-state index contributed by atoms with van der Waals surface area (Å²) in [7, 11) is 1.37. The average Bonchev–Trinajstić information content (AvgIpc) is 3.20. The second kappa shape index (κ2) is 44.8. The van der Waals surface area contributed by atoms with Crippen molar-refractivity contribution in [1.82, 2.24) is 0 Å². The van der Waals surface area contributed by atoms with Crippen LogP contribution in [0.2, 0.25) is 0 Å². The molecule has 0 saturated carbocycles. The number of allylic oxidation sites excluding steroid dienone is 2. The molecule has 0 aromatic heterocycles. The minimum atomic E-state index is -4.52. The predicted molar refractivity (Wildman–Crippen MR) is 254 cm³/mol. The SMILES string of the molecule is CCCCCCCC/C=C\CCCCCCCCCCOCC(COP(=O)([O-])OCC[N+](C)(C)C)OC(=O)CCCCCCCCCCCCCCCCCCCCCC. The van der Waals surface area contributed by atoms with Crippen molar-refractivity contribution in [1.29, 1.82) is 0 Å². The van der Waals surface area contributed by atoms with E-state index in [1.165, 1.54) is 199 Å². The average molecular weight is 872 g/mol. The summed E-state index contributed by atoms with van der Waals surface area (Å²) < 4.78 is 34.8. The number of ether oxygens (including phenoxy) is 2. The summed E-state index contributed by atoms with van der Waals surface area (Å²) in [5.41, 5.74) is 0. The highest BCUT2D eigenvalue weighted by Gasteiger charge is 2.20. The lowest BCUT2D eigenvalue weighted by molar-refractivity contribution is -0.870. The molecule has 0 saturated heterocycles. The first-order valence-electron chi connectivity index (χ1n) is 25.9. The lowest BCUT2D eigenvalue weighted by Gasteiger charge is -2.28. The molecule has 0 aliphatic rings. The van der Waals surface area contributed by atoms with Gasteiger partial charge in [0.25, 0.3) is 7.82 Å². The molecule has 0 rings (SSSR count). The third kappa shape index (κ3) is 48.3. The van der Waals surface area contributed by atoms with Crippen molar-refractivity contribution in [3.63, 3.8) is 0 Å². The highest BCUT2D eigenvalue weighted by molar-refractivity contribution is 7.45. The maximum absolute atomic E-state index is 12.7. The van der Waals surface area contributed by atoms with E-state index in [2.05, 4.69) is 26.0 Å². The van der Waals surface area contributed by atoms with E-state index >= 15 is 0 Å². The summed E-state index contributed by atoms with van der Waals surface area (Å²) in [6.45, 7) is 5.46. The summed E-state index contributed by atoms with van der Waals surface area (Å²) in [6.07, 6.45) is 50.9. The van der Waals surface area contributed by atoms with Crippen molar-refractivity contribution in [3.05, 3.63) is 12.2 Å². The molecule has 2 unspecified atom stereocenters. The van der Waals surface area contributed by atoms with Crippen LogP contribution in [0.4, 0.5) is 0 Å². The number of quaternary nitrogens is 1.